The fourth-order valence-corrected chi connectivity index (χ4v) is 13.5. The highest BCUT2D eigenvalue weighted by Crippen LogP contribution is 2.56. The van der Waals surface area contributed by atoms with Gasteiger partial charge in [0, 0.05) is 122 Å². The molecule has 10 rings (SSSR count). The lowest BCUT2D eigenvalue weighted by atomic mass is 9.49. The smallest absolute Gasteiger partial charge is 0.264 e. The maximum absolute atomic E-state index is 14.8. The van der Waals surface area contributed by atoms with Crippen LogP contribution in [-0.4, -0.2) is 106 Å². The second-order valence-corrected chi connectivity index (χ2v) is 22.3. The van der Waals surface area contributed by atoms with E-state index < -0.39 is 6.43 Å². The molecule has 5 heterocycles. The van der Waals surface area contributed by atoms with Gasteiger partial charge in [0.15, 0.2) is 5.82 Å². The first kappa shape index (κ1) is 50.1. The lowest BCUT2D eigenvalue weighted by Gasteiger charge is -2.63. The van der Waals surface area contributed by atoms with Gasteiger partial charge in [0.05, 0.1) is 37.0 Å². The van der Waals surface area contributed by atoms with Gasteiger partial charge in [-0.2, -0.15) is 15.5 Å². The van der Waals surface area contributed by atoms with Gasteiger partial charge in [-0.15, -0.1) is 0 Å². The molecule has 3 aromatic carbocycles. The molecule has 5 aromatic rings. The molecule has 0 bridgehead atoms. The number of methoxy groups -OCH3 is 1. The SMILES string of the molecule is COc1cc(OC2C(C)(C)C(NC(=O)c3ccccc3N3CCC(N(C)C4CCC(n5nc(N6CCCc7cc(-c8cnn(C)c8)c(C(F)F)cc76)c6c5CCN(C(C)=O)C6)CC4)CC3)C2(C)C)ccc1C#N. The third-order valence-electron chi connectivity index (χ3n) is 17.2. The van der Waals surface area contributed by atoms with Crippen molar-refractivity contribution in [2.45, 2.75) is 136 Å². The van der Waals surface area contributed by atoms with Gasteiger partial charge in [-0.05, 0) is 106 Å². The topological polar surface area (TPSA) is 137 Å². The molecule has 1 saturated heterocycles. The van der Waals surface area contributed by atoms with Gasteiger partial charge in [-0.25, -0.2) is 8.78 Å². The molecule has 5 aliphatic rings. The minimum atomic E-state index is -2.66. The van der Waals surface area contributed by atoms with Gasteiger partial charge in [-0.3, -0.25) is 19.0 Å². The van der Waals surface area contributed by atoms with Gasteiger partial charge in [0.25, 0.3) is 12.3 Å². The van der Waals surface area contributed by atoms with E-state index in [-0.39, 0.29) is 46.4 Å². The number of piperidine rings is 1. The molecule has 0 atom stereocenters. The number of alkyl halides is 2. The highest BCUT2D eigenvalue weighted by atomic mass is 19.3. The van der Waals surface area contributed by atoms with Crippen LogP contribution in [0.1, 0.15) is 130 Å². The van der Waals surface area contributed by atoms with Crippen LogP contribution < -0.4 is 24.6 Å². The summed E-state index contributed by atoms with van der Waals surface area (Å²) < 4.78 is 45.6. The summed E-state index contributed by atoms with van der Waals surface area (Å²) in [5.74, 6) is 1.82. The van der Waals surface area contributed by atoms with Crippen LogP contribution in [0.3, 0.4) is 0 Å². The van der Waals surface area contributed by atoms with E-state index in [0.29, 0.717) is 71.9 Å². The number of aryl methyl sites for hydroxylation is 2. The van der Waals surface area contributed by atoms with Crippen molar-refractivity contribution in [2.75, 3.05) is 50.1 Å². The number of benzene rings is 3. The van der Waals surface area contributed by atoms with E-state index in [4.69, 9.17) is 14.6 Å². The van der Waals surface area contributed by atoms with E-state index in [1.54, 1.807) is 62.4 Å². The molecule has 3 aliphatic heterocycles. The molecular formula is C57H70F2N10O4. The van der Waals surface area contributed by atoms with E-state index in [2.05, 4.69) is 76.7 Å². The molecule has 3 fully saturated rings. The van der Waals surface area contributed by atoms with Crippen molar-refractivity contribution in [1.29, 1.82) is 5.26 Å². The number of nitrogens with zero attached hydrogens (tertiary/aromatic N) is 9. The maximum Gasteiger partial charge on any atom is 0.264 e. The van der Waals surface area contributed by atoms with E-state index in [1.807, 2.05) is 29.2 Å². The van der Waals surface area contributed by atoms with Crippen molar-refractivity contribution < 1.29 is 27.8 Å². The number of carbonyl (C=O) groups is 2. The number of hydrogen-bond acceptors (Lipinski definition) is 10. The fourth-order valence-electron chi connectivity index (χ4n) is 13.5. The van der Waals surface area contributed by atoms with Gasteiger partial charge in [-0.1, -0.05) is 39.8 Å². The van der Waals surface area contributed by atoms with Gasteiger partial charge < -0.3 is 34.4 Å². The first-order chi connectivity index (χ1) is 35.0. The first-order valence-electron chi connectivity index (χ1n) is 26.2. The van der Waals surface area contributed by atoms with Crippen molar-refractivity contribution in [3.05, 3.63) is 101 Å². The molecule has 386 valence electrons. The average molecular weight is 997 g/mol. The molecule has 73 heavy (non-hydrogen) atoms. The Hall–Kier alpha value is -6.47. The molecule has 2 saturated carbocycles. The van der Waals surface area contributed by atoms with Crippen molar-refractivity contribution in [2.24, 2.45) is 17.9 Å². The summed E-state index contributed by atoms with van der Waals surface area (Å²) in [5.41, 5.74) is 6.49. The van der Waals surface area contributed by atoms with Crippen LogP contribution in [0.25, 0.3) is 11.1 Å². The number of anilines is 3. The van der Waals surface area contributed by atoms with Crippen LogP contribution in [0.15, 0.2) is 67.0 Å². The van der Waals surface area contributed by atoms with Crippen molar-refractivity contribution in [3.8, 4) is 28.7 Å². The number of nitrogens with one attached hydrogen (secondary N) is 1. The monoisotopic (exact) mass is 997 g/mol. The van der Waals surface area contributed by atoms with E-state index in [0.717, 1.165) is 92.8 Å². The molecule has 1 N–H and O–H groups in total. The third kappa shape index (κ3) is 9.20. The van der Waals surface area contributed by atoms with E-state index in [9.17, 15) is 23.6 Å². The van der Waals surface area contributed by atoms with Crippen LogP contribution in [-0.2, 0) is 31.2 Å². The predicted octanol–water partition coefficient (Wildman–Crippen LogP) is 9.79. The lowest BCUT2D eigenvalue weighted by Crippen LogP contribution is -2.74. The Morgan fingerprint density at radius 2 is 1.64 bits per heavy atom. The Morgan fingerprint density at radius 1 is 0.918 bits per heavy atom. The number of aromatic nitrogens is 4. The molecule has 0 radical (unpaired) electrons. The summed E-state index contributed by atoms with van der Waals surface area (Å²) in [4.78, 5) is 36.1. The zero-order valence-corrected chi connectivity index (χ0v) is 43.6. The van der Waals surface area contributed by atoms with Crippen LogP contribution >= 0.6 is 0 Å². The summed E-state index contributed by atoms with van der Waals surface area (Å²) >= 11 is 0. The Labute approximate surface area is 428 Å². The second-order valence-electron chi connectivity index (χ2n) is 22.3. The number of hydrogen-bond donors (Lipinski definition) is 1. The van der Waals surface area contributed by atoms with Gasteiger partial charge in [0.2, 0.25) is 5.91 Å². The zero-order chi connectivity index (χ0) is 51.5. The van der Waals surface area contributed by atoms with Crippen LogP contribution in [0.2, 0.25) is 0 Å². The molecular weight excluding hydrogens is 927 g/mol. The standard InChI is InChI=1S/C57H70F2N10O4/c1-35(70)67-27-23-48-46(34-67)52(68-24-11-12-36-28-44(38-32-61-64(6)33-38)45(51(58)59)30-49(36)68)63-69(48)41-18-16-39(17-19-41)65(7)40-21-25-66(26-22-40)47-14-10-9-13-43(47)53(71)62-54-56(2,3)55(57(54,4)5)73-42-20-15-37(31-60)50(29-42)72-8/h9-10,13-15,20,28-30,32-33,39-41,51,54-55H,11-12,16-19,21-27,34H2,1-8H3,(H,62,71). The Morgan fingerprint density at radius 3 is 2.32 bits per heavy atom. The minimum Gasteiger partial charge on any atom is -0.495 e. The van der Waals surface area contributed by atoms with Crippen LogP contribution in [0, 0.1) is 22.2 Å². The quantitative estimate of drug-likeness (QED) is 0.129. The van der Waals surface area contributed by atoms with Crippen molar-refractivity contribution in [1.82, 2.24) is 34.7 Å². The maximum atomic E-state index is 14.8. The highest BCUT2D eigenvalue weighted by molar-refractivity contribution is 6.00. The van der Waals surface area contributed by atoms with Gasteiger partial charge in [0.1, 0.15) is 23.7 Å². The molecule has 2 amide bonds. The largest absolute Gasteiger partial charge is 0.495 e. The summed E-state index contributed by atoms with van der Waals surface area (Å²) in [5, 5.41) is 22.6. The lowest BCUT2D eigenvalue weighted by molar-refractivity contribution is -0.164. The van der Waals surface area contributed by atoms with Crippen molar-refractivity contribution in [3.63, 3.8) is 0 Å². The van der Waals surface area contributed by atoms with E-state index >= 15 is 0 Å². The normalized spacial score (nSPS) is 22.6. The second kappa shape index (κ2) is 19.8. The third-order valence-corrected chi connectivity index (χ3v) is 17.2. The number of halogens is 2. The minimum absolute atomic E-state index is 0.0126. The Balaban J connectivity index is 0.789. The molecule has 2 aliphatic carbocycles. The number of carbonyl (C=O) groups excluding carboxylic acids is 2. The number of ether oxygens (including phenoxy) is 2. The summed E-state index contributed by atoms with van der Waals surface area (Å²) in [7, 11) is 5.62. The van der Waals surface area contributed by atoms with Crippen molar-refractivity contribution >= 4 is 29.0 Å². The Bertz CT molecular complexity index is 2910. The number of nitriles is 1. The fraction of sp³-hybridized carbons (Fsp3) is 0.526. The summed E-state index contributed by atoms with van der Waals surface area (Å²) in [6, 6.07) is 19.9. The predicted molar refractivity (Wildman–Crippen MR) is 278 cm³/mol. The molecule has 0 unspecified atom stereocenters. The highest BCUT2D eigenvalue weighted by Gasteiger charge is 2.64. The van der Waals surface area contributed by atoms with Crippen LogP contribution in [0.5, 0.6) is 11.5 Å². The number of fused-ring (bicyclic) bond motifs is 2. The zero-order valence-electron chi connectivity index (χ0n) is 43.6. The number of para-hydroxylation sites is 1. The first-order valence-corrected chi connectivity index (χ1v) is 26.2. The van der Waals surface area contributed by atoms with E-state index in [1.165, 1.54) is 5.69 Å². The van der Waals surface area contributed by atoms with Gasteiger partial charge >= 0.3 is 0 Å². The molecule has 16 heteroatoms. The summed E-state index contributed by atoms with van der Waals surface area (Å²) in [6.45, 7) is 13.6. The molecule has 2 aromatic heterocycles. The number of rotatable bonds is 12. The Kier molecular flexibility index (Phi) is 13.6. The number of amides is 2. The summed E-state index contributed by atoms with van der Waals surface area (Å²) in [6.07, 6.45) is 8.93. The molecule has 0 spiro atoms. The van der Waals surface area contributed by atoms with Crippen LogP contribution in [0.4, 0.5) is 26.0 Å². The molecule has 14 nitrogen and oxygen atoms in total. The average Bonchev–Trinajstić information content (AvgIpc) is 4.01.